The number of phenolic OH excluding ortho intramolecular Hbond substituents is 1. The molecule has 9 heteroatoms. The number of rotatable bonds is 2. The lowest BCUT2D eigenvalue weighted by molar-refractivity contribution is -0.137. The van der Waals surface area contributed by atoms with Crippen LogP contribution in [-0.2, 0) is 10.9 Å². The zero-order valence-electron chi connectivity index (χ0n) is 14.4. The van der Waals surface area contributed by atoms with E-state index in [0.717, 1.165) is 12.5 Å². The second-order valence-electron chi connectivity index (χ2n) is 6.22. The third-order valence-electron chi connectivity index (χ3n) is 4.38. The monoisotopic (exact) mass is 368 g/mol. The van der Waals surface area contributed by atoms with Gasteiger partial charge in [0.2, 0.25) is 5.95 Å². The lowest BCUT2D eigenvalue weighted by Crippen LogP contribution is -2.35. The Morgan fingerprint density at radius 3 is 2.65 bits per heavy atom. The van der Waals surface area contributed by atoms with Crippen LogP contribution >= 0.6 is 0 Å². The smallest absolute Gasteiger partial charge is 0.416 e. The number of aromatic nitrogens is 3. The first-order chi connectivity index (χ1) is 12.3. The number of alkyl halides is 3. The minimum atomic E-state index is -4.52. The van der Waals surface area contributed by atoms with Gasteiger partial charge in [-0.2, -0.15) is 13.2 Å². The summed E-state index contributed by atoms with van der Waals surface area (Å²) in [6.07, 6.45) is -3.69. The fourth-order valence-corrected chi connectivity index (χ4v) is 2.86. The lowest BCUT2D eigenvalue weighted by Gasteiger charge is -2.26. The fourth-order valence-electron chi connectivity index (χ4n) is 2.86. The van der Waals surface area contributed by atoms with Crippen LogP contribution in [0.1, 0.15) is 24.6 Å². The molecule has 1 aromatic carbocycles. The highest BCUT2D eigenvalue weighted by atomic mass is 19.4. The number of aromatic hydroxyl groups is 1. The Kier molecular flexibility index (Phi) is 4.99. The van der Waals surface area contributed by atoms with Gasteiger partial charge in [0.05, 0.1) is 17.9 Å². The number of halogens is 3. The summed E-state index contributed by atoms with van der Waals surface area (Å²) in [6.45, 7) is 5.59. The summed E-state index contributed by atoms with van der Waals surface area (Å²) < 4.78 is 43.7. The van der Waals surface area contributed by atoms with Crippen molar-refractivity contribution in [2.75, 3.05) is 24.7 Å². The third-order valence-corrected chi connectivity index (χ3v) is 4.38. The zero-order valence-corrected chi connectivity index (χ0v) is 14.4. The largest absolute Gasteiger partial charge is 0.507 e. The van der Waals surface area contributed by atoms with Crippen molar-refractivity contribution in [3.63, 3.8) is 0 Å². The maximum Gasteiger partial charge on any atom is 0.416 e. The molecule has 1 atom stereocenters. The van der Waals surface area contributed by atoms with E-state index < -0.39 is 17.5 Å². The molecule has 2 heterocycles. The normalized spacial score (nSPS) is 18.7. The van der Waals surface area contributed by atoms with E-state index in [1.54, 1.807) is 6.92 Å². The van der Waals surface area contributed by atoms with Crippen LogP contribution in [0, 0.1) is 6.92 Å². The Morgan fingerprint density at radius 1 is 1.23 bits per heavy atom. The van der Waals surface area contributed by atoms with E-state index in [9.17, 15) is 18.3 Å². The van der Waals surface area contributed by atoms with Crippen LogP contribution in [0.25, 0.3) is 11.3 Å². The first-order valence-electron chi connectivity index (χ1n) is 8.23. The van der Waals surface area contributed by atoms with Crippen molar-refractivity contribution in [3.05, 3.63) is 29.5 Å². The summed E-state index contributed by atoms with van der Waals surface area (Å²) in [4.78, 5) is 6.43. The van der Waals surface area contributed by atoms with E-state index in [1.165, 1.54) is 6.07 Å². The third kappa shape index (κ3) is 3.72. The van der Waals surface area contributed by atoms with Gasteiger partial charge < -0.3 is 14.7 Å². The Balaban J connectivity index is 1.93. The minimum absolute atomic E-state index is 0.161. The first kappa shape index (κ1) is 18.4. The van der Waals surface area contributed by atoms with Crippen LogP contribution in [0.2, 0.25) is 0 Å². The van der Waals surface area contributed by atoms with Gasteiger partial charge in [0.25, 0.3) is 0 Å². The summed E-state index contributed by atoms with van der Waals surface area (Å²) in [5, 5.41) is 18.2. The number of hydrogen-bond acceptors (Lipinski definition) is 6. The molecule has 1 N–H and O–H groups in total. The van der Waals surface area contributed by atoms with Crippen LogP contribution in [0.15, 0.2) is 18.2 Å². The van der Waals surface area contributed by atoms with Gasteiger partial charge in [0.1, 0.15) is 11.4 Å². The van der Waals surface area contributed by atoms with Crippen molar-refractivity contribution in [1.29, 1.82) is 0 Å². The molecule has 26 heavy (non-hydrogen) atoms. The Bertz CT molecular complexity index is 798. The molecular weight excluding hydrogens is 349 g/mol. The molecular formula is C17H19F3N4O2. The molecule has 2 aromatic rings. The SMILES string of the molecule is Cc1nc(N2CCOCC[C@@H]2C)nnc1-c1ccc(C(F)(F)F)cc1O. The standard InChI is InChI=1S/C17H19F3N4O2/c1-10-5-7-26-8-6-24(10)16-21-11(2)15(22-23-16)13-4-3-12(9-14(13)25)17(18,19)20/h3-4,9-10,25H,5-8H2,1-2H3/t10-/m0/s1. The van der Waals surface area contributed by atoms with E-state index in [1.807, 2.05) is 11.8 Å². The molecule has 0 aliphatic carbocycles. The van der Waals surface area contributed by atoms with Crippen molar-refractivity contribution >= 4 is 5.95 Å². The van der Waals surface area contributed by atoms with E-state index in [-0.39, 0.29) is 17.3 Å². The molecule has 0 spiro atoms. The highest BCUT2D eigenvalue weighted by Crippen LogP contribution is 2.36. The Morgan fingerprint density at radius 2 is 2.00 bits per heavy atom. The Labute approximate surface area is 148 Å². The van der Waals surface area contributed by atoms with Gasteiger partial charge in [-0.05, 0) is 38.5 Å². The molecule has 0 radical (unpaired) electrons. The molecule has 0 amide bonds. The number of benzene rings is 1. The van der Waals surface area contributed by atoms with Gasteiger partial charge in [-0.15, -0.1) is 10.2 Å². The Hall–Kier alpha value is -2.42. The van der Waals surface area contributed by atoms with Gasteiger partial charge in [-0.25, -0.2) is 4.98 Å². The second-order valence-corrected chi connectivity index (χ2v) is 6.22. The summed E-state index contributed by atoms with van der Waals surface area (Å²) in [7, 11) is 0. The van der Waals surface area contributed by atoms with E-state index in [4.69, 9.17) is 4.74 Å². The quantitative estimate of drug-likeness (QED) is 0.878. The molecule has 1 saturated heterocycles. The fraction of sp³-hybridized carbons (Fsp3) is 0.471. The van der Waals surface area contributed by atoms with Gasteiger partial charge in [0, 0.05) is 24.8 Å². The molecule has 1 aromatic heterocycles. The number of phenols is 1. The summed E-state index contributed by atoms with van der Waals surface area (Å²) in [5.41, 5.74) is -0.0391. The second kappa shape index (κ2) is 7.06. The van der Waals surface area contributed by atoms with E-state index >= 15 is 0 Å². The first-order valence-corrected chi connectivity index (χ1v) is 8.23. The number of anilines is 1. The molecule has 1 aliphatic rings. The molecule has 1 fully saturated rings. The van der Waals surface area contributed by atoms with Crippen molar-refractivity contribution in [1.82, 2.24) is 15.2 Å². The highest BCUT2D eigenvalue weighted by Gasteiger charge is 2.31. The summed E-state index contributed by atoms with van der Waals surface area (Å²) in [6, 6.07) is 2.94. The van der Waals surface area contributed by atoms with E-state index in [2.05, 4.69) is 15.2 Å². The minimum Gasteiger partial charge on any atom is -0.507 e. The van der Waals surface area contributed by atoms with Gasteiger partial charge in [-0.1, -0.05) is 0 Å². The molecule has 1 aliphatic heterocycles. The number of aryl methyl sites for hydroxylation is 1. The lowest BCUT2D eigenvalue weighted by atomic mass is 10.1. The number of nitrogens with zero attached hydrogens (tertiary/aromatic N) is 4. The average molecular weight is 368 g/mol. The van der Waals surface area contributed by atoms with Gasteiger partial charge in [0.15, 0.2) is 0 Å². The number of ether oxygens (including phenoxy) is 1. The van der Waals surface area contributed by atoms with E-state index in [0.29, 0.717) is 37.5 Å². The molecule has 3 rings (SSSR count). The van der Waals surface area contributed by atoms with Crippen LogP contribution in [-0.4, -0.2) is 46.1 Å². The highest BCUT2D eigenvalue weighted by molar-refractivity contribution is 5.69. The average Bonchev–Trinajstić information content (AvgIpc) is 2.79. The summed E-state index contributed by atoms with van der Waals surface area (Å²) in [5.74, 6) is -0.0704. The summed E-state index contributed by atoms with van der Waals surface area (Å²) >= 11 is 0. The van der Waals surface area contributed by atoms with Crippen LogP contribution < -0.4 is 4.90 Å². The topological polar surface area (TPSA) is 71.4 Å². The predicted molar refractivity (Wildman–Crippen MR) is 88.9 cm³/mol. The maximum absolute atomic E-state index is 12.7. The van der Waals surface area contributed by atoms with Gasteiger partial charge in [-0.3, -0.25) is 0 Å². The van der Waals surface area contributed by atoms with Crippen molar-refractivity contribution < 1.29 is 23.0 Å². The van der Waals surface area contributed by atoms with Crippen molar-refractivity contribution in [3.8, 4) is 17.0 Å². The molecule has 6 nitrogen and oxygen atoms in total. The van der Waals surface area contributed by atoms with Gasteiger partial charge >= 0.3 is 6.18 Å². The molecule has 140 valence electrons. The number of hydrogen-bond donors (Lipinski definition) is 1. The maximum atomic E-state index is 12.7. The van der Waals surface area contributed by atoms with Crippen LogP contribution in [0.5, 0.6) is 5.75 Å². The van der Waals surface area contributed by atoms with Crippen molar-refractivity contribution in [2.24, 2.45) is 0 Å². The van der Waals surface area contributed by atoms with Crippen LogP contribution in [0.4, 0.5) is 19.1 Å². The van der Waals surface area contributed by atoms with Crippen molar-refractivity contribution in [2.45, 2.75) is 32.5 Å². The molecule has 0 saturated carbocycles. The predicted octanol–water partition coefficient (Wildman–Crippen LogP) is 3.19. The molecule has 0 bridgehead atoms. The molecule has 0 unspecified atom stereocenters. The zero-order chi connectivity index (χ0) is 18.9. The van der Waals surface area contributed by atoms with Crippen LogP contribution in [0.3, 0.4) is 0 Å².